The Morgan fingerprint density at radius 3 is 2.85 bits per heavy atom. The Balaban J connectivity index is 2.08. The normalized spacial score (nSPS) is 19.2. The fourth-order valence-corrected chi connectivity index (χ4v) is 0.867. The first-order chi connectivity index (χ1) is 6.24. The summed E-state index contributed by atoms with van der Waals surface area (Å²) in [6, 6.07) is -0.680. The molecule has 76 valence electrons. The van der Waals surface area contributed by atoms with E-state index >= 15 is 0 Å². The molecule has 0 aromatic heterocycles. The number of rotatable bonds is 5. The van der Waals surface area contributed by atoms with Gasteiger partial charge in [0.15, 0.2) is 0 Å². The first-order valence-corrected chi connectivity index (χ1v) is 4.35. The third kappa shape index (κ3) is 3.30. The Hall–Kier alpha value is -0.650. The first-order valence-electron chi connectivity index (χ1n) is 4.35. The van der Waals surface area contributed by atoms with Crippen LogP contribution in [0, 0.1) is 0 Å². The highest BCUT2D eigenvalue weighted by Crippen LogP contribution is 2.05. The van der Waals surface area contributed by atoms with Crippen LogP contribution < -0.4 is 5.73 Å². The molecular weight excluding hydrogens is 174 g/mol. The molecule has 5 nitrogen and oxygen atoms in total. The Bertz CT molecular complexity index is 170. The smallest absolute Gasteiger partial charge is 0.325 e. The van der Waals surface area contributed by atoms with Crippen LogP contribution in [-0.4, -0.2) is 44.5 Å². The maximum atomic E-state index is 11.0. The third-order valence-corrected chi connectivity index (χ3v) is 1.71. The lowest BCUT2D eigenvalue weighted by molar-refractivity contribution is -0.154. The fourth-order valence-electron chi connectivity index (χ4n) is 0.867. The maximum absolute atomic E-state index is 11.0. The number of ether oxygens (including phenoxy) is 3. The van der Waals surface area contributed by atoms with Crippen molar-refractivity contribution in [3.05, 3.63) is 0 Å². The summed E-state index contributed by atoms with van der Waals surface area (Å²) >= 11 is 0. The van der Waals surface area contributed by atoms with E-state index < -0.39 is 12.0 Å². The third-order valence-electron chi connectivity index (χ3n) is 1.71. The Morgan fingerprint density at radius 2 is 2.38 bits per heavy atom. The molecule has 1 rings (SSSR count). The van der Waals surface area contributed by atoms with Crippen molar-refractivity contribution >= 4 is 5.97 Å². The molecule has 1 aliphatic heterocycles. The molecule has 0 radical (unpaired) electrons. The van der Waals surface area contributed by atoms with Crippen LogP contribution in [0.1, 0.15) is 6.92 Å². The van der Waals surface area contributed by atoms with Crippen LogP contribution >= 0.6 is 0 Å². The van der Waals surface area contributed by atoms with Crippen LogP contribution in [0.5, 0.6) is 0 Å². The summed E-state index contributed by atoms with van der Waals surface area (Å²) in [6.07, 6.45) is 0.0977. The largest absolute Gasteiger partial charge is 0.465 e. The predicted octanol–water partition coefficient (Wildman–Crippen LogP) is -0.708. The minimum Gasteiger partial charge on any atom is -0.465 e. The molecule has 0 saturated carbocycles. The second kappa shape index (κ2) is 5.16. The van der Waals surface area contributed by atoms with Gasteiger partial charge in [0.1, 0.15) is 12.1 Å². The molecule has 2 N–H and O–H groups in total. The van der Waals surface area contributed by atoms with Gasteiger partial charge in [-0.2, -0.15) is 0 Å². The van der Waals surface area contributed by atoms with Crippen molar-refractivity contribution in [2.45, 2.75) is 19.1 Å². The molecule has 1 atom stereocenters. The molecule has 1 unspecified atom stereocenters. The van der Waals surface area contributed by atoms with Crippen LogP contribution in [0.25, 0.3) is 0 Å². The maximum Gasteiger partial charge on any atom is 0.325 e. The summed E-state index contributed by atoms with van der Waals surface area (Å²) in [5.41, 5.74) is 5.49. The van der Waals surface area contributed by atoms with Gasteiger partial charge in [-0.15, -0.1) is 0 Å². The minimum atomic E-state index is -0.680. The van der Waals surface area contributed by atoms with Crippen LogP contribution in [0.4, 0.5) is 0 Å². The van der Waals surface area contributed by atoms with Gasteiger partial charge in [0.25, 0.3) is 0 Å². The molecule has 0 spiro atoms. The van der Waals surface area contributed by atoms with Crippen LogP contribution in [-0.2, 0) is 19.0 Å². The second-order valence-electron chi connectivity index (χ2n) is 2.85. The number of esters is 1. The van der Waals surface area contributed by atoms with Crippen molar-refractivity contribution in [2.75, 3.05) is 26.4 Å². The Labute approximate surface area is 77.1 Å². The number of nitrogens with two attached hydrogens (primary N) is 1. The Morgan fingerprint density at radius 1 is 1.69 bits per heavy atom. The quantitative estimate of drug-likeness (QED) is 0.579. The summed E-state index contributed by atoms with van der Waals surface area (Å²) < 4.78 is 14.9. The highest BCUT2D eigenvalue weighted by molar-refractivity contribution is 5.75. The summed E-state index contributed by atoms with van der Waals surface area (Å²) in [5.74, 6) is -0.414. The topological polar surface area (TPSA) is 70.8 Å². The van der Waals surface area contributed by atoms with E-state index in [2.05, 4.69) is 0 Å². The molecule has 1 aliphatic rings. The number of hydrogen-bond donors (Lipinski definition) is 1. The highest BCUT2D eigenvalue weighted by Gasteiger charge is 2.22. The lowest BCUT2D eigenvalue weighted by atomic mass is 10.3. The van der Waals surface area contributed by atoms with Crippen molar-refractivity contribution in [3.8, 4) is 0 Å². The summed E-state index contributed by atoms with van der Waals surface area (Å²) in [6.45, 7) is 3.47. The molecule has 13 heavy (non-hydrogen) atoms. The number of carbonyl (C=O) groups excluding carboxylic acids is 1. The van der Waals surface area contributed by atoms with Gasteiger partial charge in [0, 0.05) is 0 Å². The van der Waals surface area contributed by atoms with Gasteiger partial charge in [0.05, 0.1) is 26.4 Å². The average Bonchev–Trinajstić information content (AvgIpc) is 2.01. The van der Waals surface area contributed by atoms with E-state index in [1.165, 1.54) is 0 Å². The van der Waals surface area contributed by atoms with Crippen molar-refractivity contribution in [1.82, 2.24) is 0 Å². The molecule has 0 aliphatic carbocycles. The molecule has 1 heterocycles. The molecule has 0 aromatic rings. The van der Waals surface area contributed by atoms with Crippen LogP contribution in [0.3, 0.4) is 0 Å². The summed E-state index contributed by atoms with van der Waals surface area (Å²) in [4.78, 5) is 11.0. The van der Waals surface area contributed by atoms with Gasteiger partial charge in [0.2, 0.25) is 0 Å². The molecule has 1 fully saturated rings. The van der Waals surface area contributed by atoms with Gasteiger partial charge in [-0.05, 0) is 6.92 Å². The summed E-state index contributed by atoms with van der Waals surface area (Å²) in [7, 11) is 0. The highest BCUT2D eigenvalue weighted by atomic mass is 16.6. The molecule has 0 aromatic carbocycles. The SMILES string of the molecule is CCOC(=O)C(N)COC1COC1. The van der Waals surface area contributed by atoms with Crippen molar-refractivity contribution < 1.29 is 19.0 Å². The lowest BCUT2D eigenvalue weighted by Crippen LogP contribution is -2.43. The van der Waals surface area contributed by atoms with Crippen molar-refractivity contribution in [2.24, 2.45) is 5.73 Å². The van der Waals surface area contributed by atoms with Crippen molar-refractivity contribution in [1.29, 1.82) is 0 Å². The van der Waals surface area contributed by atoms with E-state index in [4.69, 9.17) is 19.9 Å². The lowest BCUT2D eigenvalue weighted by Gasteiger charge is -2.26. The van der Waals surface area contributed by atoms with Crippen LogP contribution in [0.15, 0.2) is 0 Å². The minimum absolute atomic E-state index is 0.0977. The van der Waals surface area contributed by atoms with E-state index in [0.29, 0.717) is 19.8 Å². The van der Waals surface area contributed by atoms with Gasteiger partial charge in [-0.1, -0.05) is 0 Å². The predicted molar refractivity (Wildman–Crippen MR) is 45.2 cm³/mol. The van der Waals surface area contributed by atoms with Crippen LogP contribution in [0.2, 0.25) is 0 Å². The van der Waals surface area contributed by atoms with E-state index in [1.54, 1.807) is 6.92 Å². The van der Waals surface area contributed by atoms with Gasteiger partial charge in [-0.3, -0.25) is 4.79 Å². The number of hydrogen-bond acceptors (Lipinski definition) is 5. The molecule has 5 heteroatoms. The zero-order chi connectivity index (χ0) is 9.68. The fraction of sp³-hybridized carbons (Fsp3) is 0.875. The van der Waals surface area contributed by atoms with Gasteiger partial charge < -0.3 is 19.9 Å². The number of carbonyl (C=O) groups is 1. The zero-order valence-electron chi connectivity index (χ0n) is 7.69. The Kier molecular flexibility index (Phi) is 4.14. The standard InChI is InChI=1S/C8H15NO4/c1-2-12-8(10)7(9)5-13-6-3-11-4-6/h6-7H,2-5,9H2,1H3. The first kappa shape index (κ1) is 10.4. The summed E-state index contributed by atoms with van der Waals surface area (Å²) in [5, 5.41) is 0. The monoisotopic (exact) mass is 189 g/mol. The van der Waals surface area contributed by atoms with Crippen molar-refractivity contribution in [3.63, 3.8) is 0 Å². The van der Waals surface area contributed by atoms with E-state index in [1.807, 2.05) is 0 Å². The average molecular weight is 189 g/mol. The zero-order valence-corrected chi connectivity index (χ0v) is 7.69. The second-order valence-corrected chi connectivity index (χ2v) is 2.85. The molecule has 0 amide bonds. The molecular formula is C8H15NO4. The van der Waals surface area contributed by atoms with E-state index in [-0.39, 0.29) is 12.7 Å². The van der Waals surface area contributed by atoms with Gasteiger partial charge >= 0.3 is 5.97 Å². The molecule has 1 saturated heterocycles. The van der Waals surface area contributed by atoms with E-state index in [0.717, 1.165) is 0 Å². The van der Waals surface area contributed by atoms with E-state index in [9.17, 15) is 4.79 Å². The van der Waals surface area contributed by atoms with Gasteiger partial charge in [-0.25, -0.2) is 0 Å². The molecule has 0 bridgehead atoms.